The molecule has 0 unspecified atom stereocenters. The van der Waals surface area contributed by atoms with E-state index in [2.05, 4.69) is 60.0 Å². The predicted octanol–water partition coefficient (Wildman–Crippen LogP) is 6.97. The van der Waals surface area contributed by atoms with Gasteiger partial charge in [-0.3, -0.25) is 0 Å². The van der Waals surface area contributed by atoms with Crippen LogP contribution in [0.3, 0.4) is 0 Å². The minimum atomic E-state index is -0.457. The molecule has 0 radical (unpaired) electrons. The molecule has 2 N–H and O–H groups in total. The molecule has 0 spiro atoms. The molecule has 0 bridgehead atoms. The molecule has 0 heterocycles. The molecule has 0 fully saturated rings. The number of benzene rings is 3. The average Bonchev–Trinajstić information content (AvgIpc) is 2.93. The first-order valence-electron chi connectivity index (χ1n) is 13.6. The number of ether oxygens (including phenoxy) is 2. The van der Waals surface area contributed by atoms with Crippen LogP contribution in [-0.2, 0) is 41.8 Å². The summed E-state index contributed by atoms with van der Waals surface area (Å²) >= 11 is 0. The highest BCUT2D eigenvalue weighted by molar-refractivity contribution is 5.73. The quantitative estimate of drug-likeness (QED) is 0.257. The van der Waals surface area contributed by atoms with Gasteiger partial charge in [0.2, 0.25) is 0 Å². The van der Waals surface area contributed by atoms with Gasteiger partial charge in [0.25, 0.3) is 0 Å². The third kappa shape index (κ3) is 8.37. The Labute approximate surface area is 226 Å². The largest absolute Gasteiger partial charge is 0.450 e. The average molecular weight is 517 g/mol. The second-order valence-corrected chi connectivity index (χ2v) is 9.12. The lowest BCUT2D eigenvalue weighted by molar-refractivity contribution is 0.150. The van der Waals surface area contributed by atoms with E-state index < -0.39 is 12.2 Å². The molecule has 0 aliphatic carbocycles. The van der Waals surface area contributed by atoms with Crippen molar-refractivity contribution in [3.05, 3.63) is 94.5 Å². The fourth-order valence-electron chi connectivity index (χ4n) is 4.78. The summed E-state index contributed by atoms with van der Waals surface area (Å²) < 4.78 is 10.3. The normalized spacial score (nSPS) is 10.6. The van der Waals surface area contributed by atoms with Gasteiger partial charge in [-0.05, 0) is 84.5 Å². The Morgan fingerprint density at radius 1 is 0.684 bits per heavy atom. The second-order valence-electron chi connectivity index (χ2n) is 9.12. The van der Waals surface area contributed by atoms with Crippen LogP contribution in [0.15, 0.2) is 66.7 Å². The fourth-order valence-corrected chi connectivity index (χ4v) is 4.78. The number of alkyl carbamates (subject to hydrolysis) is 2. The summed E-state index contributed by atoms with van der Waals surface area (Å²) in [6.07, 6.45) is 3.80. The van der Waals surface area contributed by atoms with Crippen LogP contribution in [0, 0.1) is 0 Å². The van der Waals surface area contributed by atoms with E-state index in [1.807, 2.05) is 24.3 Å². The molecule has 0 aliphatic rings. The van der Waals surface area contributed by atoms with Crippen molar-refractivity contribution in [2.24, 2.45) is 0 Å². The first-order chi connectivity index (χ1) is 18.6. The molecule has 202 valence electrons. The first kappa shape index (κ1) is 28.8. The molecule has 38 heavy (non-hydrogen) atoms. The number of carbonyl (C=O) groups is 2. The van der Waals surface area contributed by atoms with E-state index in [1.54, 1.807) is 13.8 Å². The monoisotopic (exact) mass is 516 g/mol. The van der Waals surface area contributed by atoms with Crippen LogP contribution in [0.2, 0.25) is 0 Å². The van der Waals surface area contributed by atoms with E-state index in [0.29, 0.717) is 26.3 Å². The smallest absolute Gasteiger partial charge is 0.407 e. The number of aryl methyl sites for hydroxylation is 1. The standard InChI is InChI=1S/C32H40N2O4/c1-4-14-27-28(20-13-17-24-15-9-7-10-16-24)30(23-34-32(36)38-6-3)26(22-33-31(35)37-5-2)21-29(27)25-18-11-8-12-19-25/h7-12,15-16,18-19,21H,4-6,13-14,17,20,22-23H2,1-3H3,(H,33,35)(H,34,36). The zero-order valence-electron chi connectivity index (χ0n) is 22.8. The Morgan fingerprint density at radius 2 is 1.29 bits per heavy atom. The van der Waals surface area contributed by atoms with Crippen LogP contribution in [0.5, 0.6) is 0 Å². The maximum absolute atomic E-state index is 12.3. The van der Waals surface area contributed by atoms with Gasteiger partial charge in [0.1, 0.15) is 0 Å². The molecule has 6 heteroatoms. The van der Waals surface area contributed by atoms with Gasteiger partial charge >= 0.3 is 12.2 Å². The number of carbonyl (C=O) groups excluding carboxylic acids is 2. The lowest BCUT2D eigenvalue weighted by atomic mass is 9.84. The SMILES string of the molecule is CCCc1c(-c2ccccc2)cc(CNC(=O)OCC)c(CNC(=O)OCC)c1CCCc1ccccc1. The van der Waals surface area contributed by atoms with E-state index in [1.165, 1.54) is 22.3 Å². The maximum atomic E-state index is 12.3. The van der Waals surface area contributed by atoms with Crippen molar-refractivity contribution in [2.75, 3.05) is 13.2 Å². The third-order valence-corrected chi connectivity index (χ3v) is 6.46. The van der Waals surface area contributed by atoms with Crippen LogP contribution in [0.1, 0.15) is 61.4 Å². The summed E-state index contributed by atoms with van der Waals surface area (Å²) in [6, 6.07) is 23.0. The third-order valence-electron chi connectivity index (χ3n) is 6.46. The van der Waals surface area contributed by atoms with Gasteiger partial charge in [-0.15, -0.1) is 0 Å². The molecular formula is C32H40N2O4. The minimum Gasteiger partial charge on any atom is -0.450 e. The number of nitrogens with one attached hydrogen (secondary N) is 2. The molecule has 0 aliphatic heterocycles. The Hall–Kier alpha value is -3.80. The first-order valence-corrected chi connectivity index (χ1v) is 13.6. The predicted molar refractivity (Wildman–Crippen MR) is 152 cm³/mol. The summed E-state index contributed by atoms with van der Waals surface area (Å²) in [7, 11) is 0. The van der Waals surface area contributed by atoms with Crippen molar-refractivity contribution >= 4 is 12.2 Å². The molecule has 3 aromatic rings. The van der Waals surface area contributed by atoms with E-state index in [-0.39, 0.29) is 0 Å². The number of hydrogen-bond donors (Lipinski definition) is 2. The minimum absolute atomic E-state index is 0.302. The van der Waals surface area contributed by atoms with Crippen molar-refractivity contribution in [3.8, 4) is 11.1 Å². The number of amides is 2. The van der Waals surface area contributed by atoms with Gasteiger partial charge in [-0.25, -0.2) is 9.59 Å². The van der Waals surface area contributed by atoms with Gasteiger partial charge in [0.15, 0.2) is 0 Å². The Kier molecular flexibility index (Phi) is 11.7. The summed E-state index contributed by atoms with van der Waals surface area (Å²) in [5.41, 5.74) is 8.15. The number of hydrogen-bond acceptors (Lipinski definition) is 4. The zero-order valence-corrected chi connectivity index (χ0v) is 22.8. The Balaban J connectivity index is 2.08. The van der Waals surface area contributed by atoms with Crippen LogP contribution < -0.4 is 10.6 Å². The van der Waals surface area contributed by atoms with Gasteiger partial charge in [0, 0.05) is 13.1 Å². The van der Waals surface area contributed by atoms with Crippen LogP contribution in [-0.4, -0.2) is 25.4 Å². The number of rotatable bonds is 13. The lowest BCUT2D eigenvalue weighted by Gasteiger charge is -2.24. The van der Waals surface area contributed by atoms with Crippen LogP contribution >= 0.6 is 0 Å². The molecule has 3 aromatic carbocycles. The highest BCUT2D eigenvalue weighted by Gasteiger charge is 2.20. The Bertz CT molecular complexity index is 1160. The summed E-state index contributed by atoms with van der Waals surface area (Å²) in [6.45, 7) is 7.00. The molecule has 0 atom stereocenters. The summed E-state index contributed by atoms with van der Waals surface area (Å²) in [5, 5.41) is 5.81. The van der Waals surface area contributed by atoms with Crippen molar-refractivity contribution in [1.82, 2.24) is 10.6 Å². The summed E-state index contributed by atoms with van der Waals surface area (Å²) in [5.74, 6) is 0. The highest BCUT2D eigenvalue weighted by atomic mass is 16.6. The molecule has 0 aromatic heterocycles. The lowest BCUT2D eigenvalue weighted by Crippen LogP contribution is -2.28. The second kappa shape index (κ2) is 15.5. The van der Waals surface area contributed by atoms with E-state index in [4.69, 9.17) is 9.47 Å². The van der Waals surface area contributed by atoms with Crippen molar-refractivity contribution < 1.29 is 19.1 Å². The van der Waals surface area contributed by atoms with E-state index in [9.17, 15) is 9.59 Å². The molecular weight excluding hydrogens is 476 g/mol. The van der Waals surface area contributed by atoms with Crippen molar-refractivity contribution in [2.45, 2.75) is 66.0 Å². The van der Waals surface area contributed by atoms with Gasteiger partial charge < -0.3 is 20.1 Å². The molecule has 6 nitrogen and oxygen atoms in total. The van der Waals surface area contributed by atoms with E-state index in [0.717, 1.165) is 48.8 Å². The topological polar surface area (TPSA) is 76.7 Å². The maximum Gasteiger partial charge on any atom is 0.407 e. The van der Waals surface area contributed by atoms with Crippen LogP contribution in [0.4, 0.5) is 9.59 Å². The molecule has 0 saturated carbocycles. The zero-order chi connectivity index (χ0) is 27.2. The Morgan fingerprint density at radius 3 is 1.89 bits per heavy atom. The molecule has 2 amide bonds. The molecule has 0 saturated heterocycles. The molecule has 3 rings (SSSR count). The van der Waals surface area contributed by atoms with Gasteiger partial charge in [-0.1, -0.05) is 74.0 Å². The van der Waals surface area contributed by atoms with Gasteiger partial charge in [-0.2, -0.15) is 0 Å². The van der Waals surface area contributed by atoms with Gasteiger partial charge in [0.05, 0.1) is 13.2 Å². The summed E-state index contributed by atoms with van der Waals surface area (Å²) in [4.78, 5) is 24.5. The highest BCUT2D eigenvalue weighted by Crippen LogP contribution is 2.34. The van der Waals surface area contributed by atoms with Crippen molar-refractivity contribution in [1.29, 1.82) is 0 Å². The fraction of sp³-hybridized carbons (Fsp3) is 0.375. The van der Waals surface area contributed by atoms with Crippen LogP contribution in [0.25, 0.3) is 11.1 Å². The van der Waals surface area contributed by atoms with Crippen molar-refractivity contribution in [3.63, 3.8) is 0 Å². The van der Waals surface area contributed by atoms with E-state index >= 15 is 0 Å².